The van der Waals surface area contributed by atoms with Crippen LogP contribution in [0.15, 0.2) is 41.4 Å². The van der Waals surface area contributed by atoms with Crippen molar-refractivity contribution in [1.29, 1.82) is 0 Å². The van der Waals surface area contributed by atoms with E-state index < -0.39 is 0 Å². The van der Waals surface area contributed by atoms with E-state index in [4.69, 9.17) is 24.7 Å². The molecular formula is C20H28IN3O4. The Bertz CT molecular complexity index is 784. The summed E-state index contributed by atoms with van der Waals surface area (Å²) in [5.74, 6) is 3.12. The van der Waals surface area contributed by atoms with E-state index in [0.29, 0.717) is 48.7 Å². The number of nitrogens with two attached hydrogens (primary N) is 1. The summed E-state index contributed by atoms with van der Waals surface area (Å²) in [6.07, 6.45) is 0. The second kappa shape index (κ2) is 12.2. The Morgan fingerprint density at radius 2 is 1.46 bits per heavy atom. The minimum absolute atomic E-state index is 0. The zero-order valence-corrected chi connectivity index (χ0v) is 19.0. The molecule has 0 amide bonds. The van der Waals surface area contributed by atoms with Crippen LogP contribution in [0.3, 0.4) is 0 Å². The molecule has 0 unspecified atom stereocenters. The van der Waals surface area contributed by atoms with Gasteiger partial charge in [-0.3, -0.25) is 0 Å². The van der Waals surface area contributed by atoms with E-state index in [0.717, 1.165) is 11.1 Å². The van der Waals surface area contributed by atoms with E-state index in [2.05, 4.69) is 10.3 Å². The molecule has 0 heterocycles. The molecule has 0 radical (unpaired) electrons. The summed E-state index contributed by atoms with van der Waals surface area (Å²) >= 11 is 0. The van der Waals surface area contributed by atoms with Crippen LogP contribution in [0.2, 0.25) is 0 Å². The van der Waals surface area contributed by atoms with E-state index in [1.54, 1.807) is 21.3 Å². The van der Waals surface area contributed by atoms with Gasteiger partial charge >= 0.3 is 0 Å². The van der Waals surface area contributed by atoms with Crippen molar-refractivity contribution in [3.63, 3.8) is 0 Å². The van der Waals surface area contributed by atoms with Crippen LogP contribution in [0.5, 0.6) is 23.0 Å². The first-order valence-electron chi connectivity index (χ1n) is 8.65. The van der Waals surface area contributed by atoms with Crippen molar-refractivity contribution in [3.05, 3.63) is 47.5 Å². The largest absolute Gasteiger partial charge is 0.493 e. The Balaban J connectivity index is 0.00000392. The van der Waals surface area contributed by atoms with Crippen LogP contribution in [-0.4, -0.2) is 33.9 Å². The third-order valence-corrected chi connectivity index (χ3v) is 3.88. The molecule has 0 fully saturated rings. The Labute approximate surface area is 183 Å². The molecule has 0 aliphatic rings. The topological polar surface area (TPSA) is 87.3 Å². The van der Waals surface area contributed by atoms with E-state index in [1.807, 2.05) is 43.3 Å². The summed E-state index contributed by atoms with van der Waals surface area (Å²) in [6, 6.07) is 11.4. The fraction of sp³-hybridized carbons (Fsp3) is 0.350. The van der Waals surface area contributed by atoms with Crippen LogP contribution in [0.25, 0.3) is 0 Å². The molecule has 8 heteroatoms. The number of hydrogen-bond acceptors (Lipinski definition) is 5. The Morgan fingerprint density at radius 1 is 0.893 bits per heavy atom. The molecule has 0 bridgehead atoms. The van der Waals surface area contributed by atoms with Gasteiger partial charge in [0.2, 0.25) is 0 Å². The quantitative estimate of drug-likeness (QED) is 0.312. The second-order valence-corrected chi connectivity index (χ2v) is 5.66. The standard InChI is InChI=1S/C20H27N3O4.HI/c1-5-27-19-11-15(7-9-17(19)25-3)13-23-20(21)22-12-14-6-8-16(24-2)18(10-14)26-4;/h6-11H,5,12-13H2,1-4H3,(H3,21,22,23);1H. The van der Waals surface area contributed by atoms with Gasteiger partial charge in [0.05, 0.1) is 34.5 Å². The fourth-order valence-corrected chi connectivity index (χ4v) is 2.50. The lowest BCUT2D eigenvalue weighted by Crippen LogP contribution is -2.31. The van der Waals surface area contributed by atoms with Gasteiger partial charge in [0, 0.05) is 6.54 Å². The van der Waals surface area contributed by atoms with Crippen molar-refractivity contribution >= 4 is 29.9 Å². The molecule has 0 spiro atoms. The van der Waals surface area contributed by atoms with E-state index in [-0.39, 0.29) is 24.0 Å². The number of nitrogens with zero attached hydrogens (tertiary/aromatic N) is 1. The Kier molecular flexibility index (Phi) is 10.3. The number of nitrogens with one attached hydrogen (secondary N) is 1. The highest BCUT2D eigenvalue weighted by atomic mass is 127. The van der Waals surface area contributed by atoms with E-state index in [1.165, 1.54) is 0 Å². The number of halogens is 1. The number of aliphatic imine (C=N–C) groups is 1. The molecule has 0 atom stereocenters. The zero-order chi connectivity index (χ0) is 19.6. The van der Waals surface area contributed by atoms with Gasteiger partial charge in [-0.2, -0.15) is 0 Å². The predicted octanol–water partition coefficient (Wildman–Crippen LogP) is 3.33. The van der Waals surface area contributed by atoms with E-state index in [9.17, 15) is 0 Å². The van der Waals surface area contributed by atoms with Crippen molar-refractivity contribution in [2.24, 2.45) is 10.7 Å². The van der Waals surface area contributed by atoms with Gasteiger partial charge in [0.15, 0.2) is 29.0 Å². The van der Waals surface area contributed by atoms with Gasteiger partial charge in [0.1, 0.15) is 0 Å². The number of guanidine groups is 1. The summed E-state index contributed by atoms with van der Waals surface area (Å²) in [5.41, 5.74) is 7.97. The molecule has 0 aliphatic heterocycles. The molecule has 2 aromatic rings. The van der Waals surface area contributed by atoms with Crippen molar-refractivity contribution in [3.8, 4) is 23.0 Å². The summed E-state index contributed by atoms with van der Waals surface area (Å²) in [5, 5.41) is 3.10. The summed E-state index contributed by atoms with van der Waals surface area (Å²) in [7, 11) is 4.83. The molecular weight excluding hydrogens is 473 g/mol. The molecule has 3 N–H and O–H groups in total. The van der Waals surface area contributed by atoms with Crippen LogP contribution in [-0.2, 0) is 13.1 Å². The third kappa shape index (κ3) is 6.66. The van der Waals surface area contributed by atoms with Crippen molar-refractivity contribution in [2.45, 2.75) is 20.0 Å². The Hall–Kier alpha value is -2.36. The average molecular weight is 501 g/mol. The van der Waals surface area contributed by atoms with Crippen LogP contribution >= 0.6 is 24.0 Å². The number of rotatable bonds is 9. The number of hydrogen-bond donors (Lipinski definition) is 2. The van der Waals surface area contributed by atoms with Crippen LogP contribution < -0.4 is 30.0 Å². The summed E-state index contributed by atoms with van der Waals surface area (Å²) in [4.78, 5) is 4.37. The Morgan fingerprint density at radius 3 is 2.07 bits per heavy atom. The van der Waals surface area contributed by atoms with Crippen LogP contribution in [0.4, 0.5) is 0 Å². The number of benzene rings is 2. The third-order valence-electron chi connectivity index (χ3n) is 3.88. The SMILES string of the molecule is CCOc1cc(CN=C(N)NCc2ccc(OC)c(OC)c2)ccc1OC.I. The molecule has 0 aliphatic carbocycles. The highest BCUT2D eigenvalue weighted by molar-refractivity contribution is 14.0. The molecule has 28 heavy (non-hydrogen) atoms. The zero-order valence-electron chi connectivity index (χ0n) is 16.7. The minimum Gasteiger partial charge on any atom is -0.493 e. The first-order valence-corrected chi connectivity index (χ1v) is 8.65. The van der Waals surface area contributed by atoms with Gasteiger partial charge in [-0.15, -0.1) is 24.0 Å². The molecule has 2 aromatic carbocycles. The van der Waals surface area contributed by atoms with Gasteiger partial charge in [-0.25, -0.2) is 4.99 Å². The number of methoxy groups -OCH3 is 3. The maximum Gasteiger partial charge on any atom is 0.189 e. The van der Waals surface area contributed by atoms with Crippen LogP contribution in [0.1, 0.15) is 18.1 Å². The summed E-state index contributed by atoms with van der Waals surface area (Å²) in [6.45, 7) is 3.47. The second-order valence-electron chi connectivity index (χ2n) is 5.66. The van der Waals surface area contributed by atoms with Crippen molar-refractivity contribution < 1.29 is 18.9 Å². The molecule has 2 rings (SSSR count). The maximum absolute atomic E-state index is 5.98. The van der Waals surface area contributed by atoms with Crippen molar-refractivity contribution in [1.82, 2.24) is 5.32 Å². The lowest BCUT2D eigenvalue weighted by Gasteiger charge is -2.11. The number of ether oxygens (including phenoxy) is 4. The monoisotopic (exact) mass is 501 g/mol. The van der Waals surface area contributed by atoms with Gasteiger partial charge in [0.25, 0.3) is 0 Å². The molecule has 154 valence electrons. The highest BCUT2D eigenvalue weighted by Gasteiger charge is 2.06. The highest BCUT2D eigenvalue weighted by Crippen LogP contribution is 2.28. The maximum atomic E-state index is 5.98. The smallest absolute Gasteiger partial charge is 0.189 e. The molecule has 0 aromatic heterocycles. The average Bonchev–Trinajstić information content (AvgIpc) is 2.70. The lowest BCUT2D eigenvalue weighted by atomic mass is 10.2. The van der Waals surface area contributed by atoms with Crippen LogP contribution in [0, 0.1) is 0 Å². The molecule has 0 saturated heterocycles. The lowest BCUT2D eigenvalue weighted by molar-refractivity contribution is 0.310. The molecule has 0 saturated carbocycles. The summed E-state index contributed by atoms with van der Waals surface area (Å²) < 4.78 is 21.4. The minimum atomic E-state index is 0. The molecule has 7 nitrogen and oxygen atoms in total. The first-order chi connectivity index (χ1) is 13.1. The first kappa shape index (κ1) is 23.7. The van der Waals surface area contributed by atoms with Gasteiger partial charge in [-0.05, 0) is 42.3 Å². The van der Waals surface area contributed by atoms with Gasteiger partial charge < -0.3 is 30.0 Å². The van der Waals surface area contributed by atoms with Crippen molar-refractivity contribution in [2.75, 3.05) is 27.9 Å². The fourth-order valence-electron chi connectivity index (χ4n) is 2.50. The van der Waals surface area contributed by atoms with Gasteiger partial charge in [-0.1, -0.05) is 12.1 Å². The normalized spacial score (nSPS) is 10.6. The predicted molar refractivity (Wildman–Crippen MR) is 121 cm³/mol. The van der Waals surface area contributed by atoms with E-state index >= 15 is 0 Å².